The highest BCUT2D eigenvalue weighted by molar-refractivity contribution is 9.10. The summed E-state index contributed by atoms with van der Waals surface area (Å²) in [6.45, 7) is 3.96. The van der Waals surface area contributed by atoms with Crippen molar-refractivity contribution >= 4 is 38.8 Å². The first kappa shape index (κ1) is 14.4. The molecule has 0 N–H and O–H groups in total. The van der Waals surface area contributed by atoms with Gasteiger partial charge in [0.1, 0.15) is 17.9 Å². The van der Waals surface area contributed by atoms with E-state index in [9.17, 15) is 8.78 Å². The highest BCUT2D eigenvalue weighted by atomic mass is 79.9. The molecule has 0 aliphatic carbocycles. The van der Waals surface area contributed by atoms with Gasteiger partial charge in [-0.1, -0.05) is 0 Å². The molecule has 2 aromatic rings. The van der Waals surface area contributed by atoms with Crippen molar-refractivity contribution in [3.8, 4) is 0 Å². The monoisotopic (exact) mass is 384 g/mol. The summed E-state index contributed by atoms with van der Waals surface area (Å²) in [6, 6.07) is 3.12. The van der Waals surface area contributed by atoms with Crippen LogP contribution in [-0.4, -0.2) is 21.8 Å². The van der Waals surface area contributed by atoms with Crippen LogP contribution < -0.4 is 4.48 Å². The highest BCUT2D eigenvalue weighted by Gasteiger charge is 2.68. The first-order valence-electron chi connectivity index (χ1n) is 6.87. The summed E-state index contributed by atoms with van der Waals surface area (Å²) in [4.78, 5) is 0.436. The van der Waals surface area contributed by atoms with E-state index in [1.165, 1.54) is 6.07 Å². The Morgan fingerprint density at radius 3 is 2.77 bits per heavy atom. The van der Waals surface area contributed by atoms with Crippen LogP contribution >= 0.6 is 28.1 Å². The Bertz CT molecular complexity index is 878. The van der Waals surface area contributed by atoms with Gasteiger partial charge >= 0.3 is 0 Å². The van der Waals surface area contributed by atoms with Crippen molar-refractivity contribution in [2.75, 3.05) is 7.05 Å². The molecule has 0 fully saturated rings. The summed E-state index contributed by atoms with van der Waals surface area (Å²) in [5.41, 5.74) is 1.48. The van der Waals surface area contributed by atoms with Crippen LogP contribution in [0.4, 0.5) is 14.5 Å². The molecule has 22 heavy (non-hydrogen) atoms. The second-order valence-electron chi connectivity index (χ2n) is 6.24. The molecule has 7 heteroatoms. The van der Waals surface area contributed by atoms with Crippen molar-refractivity contribution in [1.82, 2.24) is 14.3 Å². The van der Waals surface area contributed by atoms with Crippen molar-refractivity contribution in [3.63, 3.8) is 0 Å². The maximum atomic E-state index is 14.4. The molecular formula is C15H13BrF2N3S+. The molecule has 0 spiro atoms. The Balaban J connectivity index is 2.06. The lowest BCUT2D eigenvalue weighted by Gasteiger charge is -2.58. The van der Waals surface area contributed by atoms with Crippen molar-refractivity contribution < 1.29 is 8.78 Å². The normalized spacial score (nSPS) is 28.7. The molecule has 1 unspecified atom stereocenters. The third-order valence-electron chi connectivity index (χ3n) is 5.17. The van der Waals surface area contributed by atoms with Crippen LogP contribution in [0, 0.1) is 18.6 Å². The number of benzene rings is 1. The molecule has 3 nitrogen and oxygen atoms in total. The molecule has 1 aromatic carbocycles. The van der Waals surface area contributed by atoms with Crippen molar-refractivity contribution in [1.29, 1.82) is 0 Å². The van der Waals surface area contributed by atoms with Crippen LogP contribution in [0.15, 0.2) is 16.6 Å². The molecule has 4 rings (SSSR count). The number of hydrogen-bond donors (Lipinski definition) is 0. The van der Waals surface area contributed by atoms with Gasteiger partial charge in [0.25, 0.3) is 0 Å². The Hall–Kier alpha value is -1.18. The van der Waals surface area contributed by atoms with Gasteiger partial charge in [-0.15, -0.1) is 0 Å². The van der Waals surface area contributed by atoms with E-state index in [4.69, 9.17) is 12.2 Å². The van der Waals surface area contributed by atoms with Crippen molar-refractivity contribution in [2.24, 2.45) is 0 Å². The van der Waals surface area contributed by atoms with Gasteiger partial charge in [-0.2, -0.15) is 5.10 Å². The zero-order valence-corrected chi connectivity index (χ0v) is 14.6. The predicted octanol–water partition coefficient (Wildman–Crippen LogP) is 3.79. The van der Waals surface area contributed by atoms with Gasteiger partial charge in [-0.25, -0.2) is 17.9 Å². The predicted molar refractivity (Wildman–Crippen MR) is 87.8 cm³/mol. The largest absolute Gasteiger partial charge is 0.249 e. The molecule has 0 radical (unpaired) electrons. The molecule has 2 aliphatic heterocycles. The lowest BCUT2D eigenvalue weighted by Crippen LogP contribution is -2.74. The molecule has 0 saturated carbocycles. The maximum absolute atomic E-state index is 14.4. The third-order valence-corrected chi connectivity index (χ3v) is 6.37. The van der Waals surface area contributed by atoms with E-state index in [0.717, 1.165) is 10.2 Å². The molecule has 0 bridgehead atoms. The molecular weight excluding hydrogens is 372 g/mol. The van der Waals surface area contributed by atoms with Gasteiger partial charge in [-0.05, 0) is 54.1 Å². The van der Waals surface area contributed by atoms with Crippen LogP contribution in [-0.2, 0) is 12.1 Å². The molecule has 1 aromatic heterocycles. The van der Waals surface area contributed by atoms with Gasteiger partial charge in [0.05, 0.1) is 17.2 Å². The zero-order chi connectivity index (χ0) is 16.0. The van der Waals surface area contributed by atoms with Crippen molar-refractivity contribution in [2.45, 2.75) is 25.9 Å². The van der Waals surface area contributed by atoms with Gasteiger partial charge in [0.2, 0.25) is 4.99 Å². The average molecular weight is 385 g/mol. The van der Waals surface area contributed by atoms with Crippen LogP contribution in [0.1, 0.15) is 23.9 Å². The Morgan fingerprint density at radius 1 is 1.41 bits per heavy atom. The summed E-state index contributed by atoms with van der Waals surface area (Å²) in [5.74, 6) is -0.640. The number of aromatic nitrogens is 2. The molecule has 3 heterocycles. The molecule has 114 valence electrons. The van der Waals surface area contributed by atoms with E-state index in [1.807, 2.05) is 14.0 Å². The van der Waals surface area contributed by atoms with Crippen LogP contribution in [0.2, 0.25) is 0 Å². The second-order valence-corrected chi connectivity index (χ2v) is 7.48. The fourth-order valence-electron chi connectivity index (χ4n) is 3.84. The van der Waals surface area contributed by atoms with E-state index in [0.29, 0.717) is 28.5 Å². The zero-order valence-electron chi connectivity index (χ0n) is 12.2. The quantitative estimate of drug-likeness (QED) is 0.507. The molecule has 2 aliphatic rings. The molecule has 0 saturated heterocycles. The lowest BCUT2D eigenvalue weighted by atomic mass is 9.74. The van der Waals surface area contributed by atoms with Gasteiger partial charge in [0, 0.05) is 0 Å². The number of halogens is 3. The number of aryl methyl sites for hydroxylation is 1. The van der Waals surface area contributed by atoms with E-state index in [1.54, 1.807) is 17.7 Å². The number of hydrogen-bond acceptors (Lipinski definition) is 2. The van der Waals surface area contributed by atoms with Crippen LogP contribution in [0.25, 0.3) is 0 Å². The summed E-state index contributed by atoms with van der Waals surface area (Å²) < 4.78 is 31.4. The Kier molecular flexibility index (Phi) is 2.63. The molecule has 0 amide bonds. The number of thiocarbonyl (C=S) groups is 1. The minimum atomic E-state index is -0.585. The molecule has 2 atom stereocenters. The van der Waals surface area contributed by atoms with Crippen LogP contribution in [0.3, 0.4) is 0 Å². The minimum Gasteiger partial charge on any atom is -0.249 e. The van der Waals surface area contributed by atoms with E-state index in [2.05, 4.69) is 21.0 Å². The van der Waals surface area contributed by atoms with Gasteiger partial charge < -0.3 is 0 Å². The van der Waals surface area contributed by atoms with E-state index < -0.39 is 5.54 Å². The third kappa shape index (κ3) is 1.30. The first-order valence-corrected chi connectivity index (χ1v) is 8.07. The number of quaternary nitrogens is 1. The average Bonchev–Trinajstić information content (AvgIpc) is 2.73. The summed E-state index contributed by atoms with van der Waals surface area (Å²) in [7, 11) is 1.92. The first-order chi connectivity index (χ1) is 10.2. The number of likely N-dealkylation sites (N-methyl/N-ethyl adjacent to an activating group) is 1. The van der Waals surface area contributed by atoms with E-state index >= 15 is 0 Å². The summed E-state index contributed by atoms with van der Waals surface area (Å²) >= 11 is 9.09. The minimum absolute atomic E-state index is 0.220. The Labute approximate surface area is 140 Å². The van der Waals surface area contributed by atoms with Crippen LogP contribution in [0.5, 0.6) is 0 Å². The summed E-state index contributed by atoms with van der Waals surface area (Å²) in [6.07, 6.45) is 0. The van der Waals surface area contributed by atoms with Gasteiger partial charge in [-0.3, -0.25) is 0 Å². The maximum Gasteiger partial charge on any atom is 0.232 e. The SMILES string of the molecule is Cc1nn2c(c1F)C(=S)[N+]1(C)c3c(Br)ccc(F)c3[C@]1(C)C2. The fraction of sp³-hybridized carbons (Fsp3) is 0.333. The fourth-order valence-corrected chi connectivity index (χ4v) is 5.01. The number of rotatable bonds is 0. The number of nitrogens with zero attached hydrogens (tertiary/aromatic N) is 3. The Morgan fingerprint density at radius 2 is 2.09 bits per heavy atom. The smallest absolute Gasteiger partial charge is 0.232 e. The van der Waals surface area contributed by atoms with Crippen molar-refractivity contribution in [3.05, 3.63) is 45.2 Å². The number of fused-ring (bicyclic) bond motifs is 5. The standard InChI is InChI=1S/C15H13BrF2N3S/c1-7-11(18)12-14(22)21(3)13-8(16)4-5-9(17)10(13)15(21,2)6-20(12)19-7/h4-5H,6H2,1-3H3/q+1/t15-,21?/m0/s1. The highest BCUT2D eigenvalue weighted by Crippen LogP contribution is 2.60. The second kappa shape index (κ2) is 4.01. The summed E-state index contributed by atoms with van der Waals surface area (Å²) in [5, 5.41) is 4.23. The topological polar surface area (TPSA) is 17.8 Å². The van der Waals surface area contributed by atoms with E-state index in [-0.39, 0.29) is 16.1 Å². The van der Waals surface area contributed by atoms with Gasteiger partial charge in [0.15, 0.2) is 22.7 Å². The lowest BCUT2D eigenvalue weighted by molar-refractivity contribution is 0.127.